The van der Waals surface area contributed by atoms with Crippen molar-refractivity contribution < 1.29 is 46.5 Å². The fourth-order valence-corrected chi connectivity index (χ4v) is 14.6. The van der Waals surface area contributed by atoms with E-state index in [0.29, 0.717) is 0 Å². The van der Waals surface area contributed by atoms with Crippen LogP contribution in [-0.2, 0) is 46.5 Å². The summed E-state index contributed by atoms with van der Waals surface area (Å²) < 4.78 is 61.1. The number of benzene rings is 13. The Hall–Kier alpha value is -8.92. The van der Waals surface area contributed by atoms with Crippen molar-refractivity contribution in [3.05, 3.63) is 285 Å². The molecule has 0 unspecified atom stereocenters. The molecule has 0 aliphatic carbocycles. The summed E-state index contributed by atoms with van der Waals surface area (Å²) >= 11 is 0. The van der Waals surface area contributed by atoms with E-state index in [2.05, 4.69) is 387 Å². The van der Waals surface area contributed by atoms with Gasteiger partial charge in [0.15, 0.2) is 0 Å². The highest BCUT2D eigenvalue weighted by molar-refractivity contribution is 6.65. The van der Waals surface area contributed by atoms with Crippen LogP contribution in [0.4, 0.5) is 0 Å². The summed E-state index contributed by atoms with van der Waals surface area (Å²) in [6, 6.07) is 99.8. The standard InChI is InChI=1S/C36H31BO2.C18H21BO2.2C16H19BO2.C12H17BO2/c1-35(2)36(3,4)39-37(38-35)28-14-10-13-26(22-28)24-11-9-12-25(21-24)27-19-20-33-31-17-6-5-15-29(31)30-16-7-8-18-32(30)34(33)23-27;1-17(2)18(3,4)21-19(20-17)16-12-10-15(11-13-16)14-8-6-5-7-9-14;1-15(2)16(3,4)19-17(18-15)14-11-7-9-12-8-5-6-10-13(12)14;1-15(2)16(3,4)19-17(18-15)14-10-9-12-7-5-6-8-13(12)11-14;1-11(2)12(3,4)15-13(14-11)10-8-6-5-7-9-10/h5-23H,1-4H3;5-13H,1-4H3;2*5-11H,1-4H3;5-9H,1-4H3. The van der Waals surface area contributed by atoms with Gasteiger partial charge in [0.25, 0.3) is 0 Å². The van der Waals surface area contributed by atoms with Crippen molar-refractivity contribution in [3.63, 3.8) is 0 Å². The molecule has 0 aromatic heterocycles. The Bertz CT molecular complexity index is 5440. The zero-order chi connectivity index (χ0) is 80.3. The second-order valence-corrected chi connectivity index (χ2v) is 35.6. The Morgan fingerprint density at radius 2 is 0.434 bits per heavy atom. The van der Waals surface area contributed by atoms with E-state index in [-0.39, 0.29) is 91.6 Å². The summed E-state index contributed by atoms with van der Waals surface area (Å²) in [4.78, 5) is 0. The van der Waals surface area contributed by atoms with E-state index < -0.39 is 0 Å². The highest BCUT2D eigenvalue weighted by Gasteiger charge is 2.56. The van der Waals surface area contributed by atoms with Gasteiger partial charge in [-0.25, -0.2) is 0 Å². The molecule has 0 atom stereocenters. The third kappa shape index (κ3) is 16.6. The highest BCUT2D eigenvalue weighted by Crippen LogP contribution is 2.43. The molecule has 5 fully saturated rings. The molecule has 10 nitrogen and oxygen atoms in total. The molecule has 113 heavy (non-hydrogen) atoms. The molecule has 18 rings (SSSR count). The van der Waals surface area contributed by atoms with E-state index in [1.165, 1.54) is 81.7 Å². The molecule has 5 aliphatic rings. The summed E-state index contributed by atoms with van der Waals surface area (Å²) in [5.41, 5.74) is 9.55. The van der Waals surface area contributed by atoms with Crippen molar-refractivity contribution in [2.75, 3.05) is 0 Å². The largest absolute Gasteiger partial charge is 0.495 e. The van der Waals surface area contributed by atoms with Gasteiger partial charge in [0.2, 0.25) is 0 Å². The summed E-state index contributed by atoms with van der Waals surface area (Å²) in [6.07, 6.45) is 0. The van der Waals surface area contributed by atoms with Crippen LogP contribution in [0.25, 0.3) is 87.2 Å². The van der Waals surface area contributed by atoms with Crippen molar-refractivity contribution in [2.45, 2.75) is 194 Å². The van der Waals surface area contributed by atoms with Crippen LogP contribution in [0.1, 0.15) is 138 Å². The molecule has 5 saturated heterocycles. The van der Waals surface area contributed by atoms with Crippen molar-refractivity contribution in [1.82, 2.24) is 0 Å². The number of fused-ring (bicyclic) bond motifs is 8. The van der Waals surface area contributed by atoms with Crippen LogP contribution in [0.5, 0.6) is 0 Å². The van der Waals surface area contributed by atoms with Gasteiger partial charge in [0.05, 0.1) is 56.0 Å². The molecule has 15 heteroatoms. The fraction of sp³-hybridized carbons (Fsp3) is 0.306. The lowest BCUT2D eigenvalue weighted by atomic mass is 9.76. The molecule has 0 spiro atoms. The maximum Gasteiger partial charge on any atom is 0.495 e. The van der Waals surface area contributed by atoms with Gasteiger partial charge in [0, 0.05) is 0 Å². The van der Waals surface area contributed by atoms with Crippen LogP contribution in [0.2, 0.25) is 0 Å². The van der Waals surface area contributed by atoms with Gasteiger partial charge in [-0.15, -0.1) is 0 Å². The first-order valence-electron chi connectivity index (χ1n) is 39.9. The first kappa shape index (κ1) is 80.7. The van der Waals surface area contributed by atoms with Crippen LogP contribution >= 0.6 is 0 Å². The Kier molecular flexibility index (Phi) is 22.2. The maximum absolute atomic E-state index is 6.32. The normalized spacial score (nSPS) is 19.4. The van der Waals surface area contributed by atoms with E-state index in [0.717, 1.165) is 32.9 Å². The number of hydrogen-bond acceptors (Lipinski definition) is 10. The zero-order valence-corrected chi connectivity index (χ0v) is 69.6. The maximum atomic E-state index is 6.32. The van der Waals surface area contributed by atoms with Crippen molar-refractivity contribution in [2.24, 2.45) is 0 Å². The summed E-state index contributed by atoms with van der Waals surface area (Å²) in [5, 5.41) is 12.6. The molecule has 0 N–H and O–H groups in total. The lowest BCUT2D eigenvalue weighted by molar-refractivity contribution is 0.00578. The summed E-state index contributed by atoms with van der Waals surface area (Å²) in [7, 11) is -1.48. The van der Waals surface area contributed by atoms with Crippen LogP contribution in [-0.4, -0.2) is 91.6 Å². The Labute approximate surface area is 672 Å². The van der Waals surface area contributed by atoms with Crippen LogP contribution in [0.3, 0.4) is 0 Å². The first-order chi connectivity index (χ1) is 53.4. The lowest BCUT2D eigenvalue weighted by Crippen LogP contribution is -2.41. The number of rotatable bonds is 8. The minimum atomic E-state index is -0.373. The molecule has 574 valence electrons. The monoisotopic (exact) mass is 1500 g/mol. The predicted octanol–water partition coefficient (Wildman–Crippen LogP) is 20.7. The van der Waals surface area contributed by atoms with E-state index in [4.69, 9.17) is 46.5 Å². The Balaban J connectivity index is 0.000000123. The molecule has 0 radical (unpaired) electrons. The predicted molar refractivity (Wildman–Crippen MR) is 475 cm³/mol. The summed E-state index contributed by atoms with van der Waals surface area (Å²) in [6.45, 7) is 41.6. The second kappa shape index (κ2) is 31.0. The SMILES string of the molecule is CC1(C)OB(c2ccc(-c3ccccc3)cc2)OC1(C)C.CC1(C)OB(c2ccc3ccccc3c2)OC1(C)C.CC1(C)OB(c2cccc(-c3cccc(-c4ccc5c6ccccc6c6ccccc6c5c4)c3)c2)OC1(C)C.CC1(C)OB(c2cccc3ccccc23)OC1(C)C.CC1(C)OB(c2ccccc2)OC1(C)C. The van der Waals surface area contributed by atoms with Crippen LogP contribution in [0.15, 0.2) is 285 Å². The second-order valence-electron chi connectivity index (χ2n) is 35.6. The molecular formula is C98H107B5O10. The molecule has 13 aromatic carbocycles. The average Bonchev–Trinajstić information content (AvgIpc) is 1.74. The molecule has 0 amide bonds. The Morgan fingerprint density at radius 1 is 0.159 bits per heavy atom. The fourth-order valence-electron chi connectivity index (χ4n) is 14.6. The molecule has 13 aromatic rings. The topological polar surface area (TPSA) is 92.3 Å². The van der Waals surface area contributed by atoms with Gasteiger partial charge in [-0.05, 0) is 265 Å². The van der Waals surface area contributed by atoms with Crippen LogP contribution < -0.4 is 27.3 Å². The smallest absolute Gasteiger partial charge is 0.399 e. The summed E-state index contributed by atoms with van der Waals surface area (Å²) in [5.74, 6) is 0. The van der Waals surface area contributed by atoms with E-state index in [1.807, 2.05) is 36.4 Å². The zero-order valence-electron chi connectivity index (χ0n) is 69.6. The molecular weight excluding hydrogens is 1390 g/mol. The van der Waals surface area contributed by atoms with Gasteiger partial charge in [-0.3, -0.25) is 0 Å². The number of hydrogen-bond donors (Lipinski definition) is 0. The first-order valence-corrected chi connectivity index (χ1v) is 39.9. The van der Waals surface area contributed by atoms with E-state index in [1.54, 1.807) is 0 Å². The van der Waals surface area contributed by atoms with Crippen LogP contribution in [0, 0.1) is 0 Å². The van der Waals surface area contributed by atoms with Crippen molar-refractivity contribution in [1.29, 1.82) is 0 Å². The quantitative estimate of drug-likeness (QED) is 0.108. The van der Waals surface area contributed by atoms with Crippen molar-refractivity contribution in [3.8, 4) is 33.4 Å². The molecule has 5 heterocycles. The van der Waals surface area contributed by atoms with Crippen molar-refractivity contribution >= 4 is 117 Å². The van der Waals surface area contributed by atoms with Gasteiger partial charge in [-0.2, -0.15) is 0 Å². The lowest BCUT2D eigenvalue weighted by Gasteiger charge is -2.32. The van der Waals surface area contributed by atoms with Gasteiger partial charge in [0.1, 0.15) is 0 Å². The van der Waals surface area contributed by atoms with Gasteiger partial charge < -0.3 is 46.5 Å². The Morgan fingerprint density at radius 3 is 0.903 bits per heavy atom. The third-order valence-corrected chi connectivity index (χ3v) is 25.2. The molecule has 5 aliphatic heterocycles. The van der Waals surface area contributed by atoms with E-state index >= 15 is 0 Å². The average molecular weight is 1500 g/mol. The highest BCUT2D eigenvalue weighted by atomic mass is 16.7. The minimum Gasteiger partial charge on any atom is -0.399 e. The minimum absolute atomic E-state index is 0.240. The third-order valence-electron chi connectivity index (χ3n) is 25.2. The van der Waals surface area contributed by atoms with Gasteiger partial charge in [-0.1, -0.05) is 273 Å². The van der Waals surface area contributed by atoms with Gasteiger partial charge >= 0.3 is 35.6 Å². The molecule has 0 saturated carbocycles. The van der Waals surface area contributed by atoms with E-state index in [9.17, 15) is 0 Å². The molecule has 0 bridgehead atoms.